The molecule has 1 heterocycles. The van der Waals surface area contributed by atoms with Gasteiger partial charge in [0.2, 0.25) is 11.8 Å². The summed E-state index contributed by atoms with van der Waals surface area (Å²) < 4.78 is 5.21. The van der Waals surface area contributed by atoms with Crippen molar-refractivity contribution in [3.8, 4) is 17.2 Å². The number of hydrogen-bond acceptors (Lipinski definition) is 4. The van der Waals surface area contributed by atoms with Gasteiger partial charge in [-0.3, -0.25) is 0 Å². The van der Waals surface area contributed by atoms with E-state index in [0.29, 0.717) is 11.8 Å². The Bertz CT molecular complexity index is 406. The highest BCUT2D eigenvalue weighted by Crippen LogP contribution is 2.19. The van der Waals surface area contributed by atoms with Crippen LogP contribution in [0, 0.1) is 6.92 Å². The zero-order valence-corrected chi connectivity index (χ0v) is 7.06. The smallest absolute Gasteiger partial charge is 0.247 e. The van der Waals surface area contributed by atoms with Crippen LogP contribution >= 0.6 is 0 Å². The highest BCUT2D eigenvalue weighted by atomic mass is 16.4. The topological polar surface area (TPSA) is 59.2 Å². The van der Waals surface area contributed by atoms with Crippen LogP contribution in [0.4, 0.5) is 0 Å². The van der Waals surface area contributed by atoms with Gasteiger partial charge in [-0.15, -0.1) is 10.2 Å². The summed E-state index contributed by atoms with van der Waals surface area (Å²) in [5.41, 5.74) is 0.804. The maximum atomic E-state index is 9.04. The van der Waals surface area contributed by atoms with E-state index in [0.717, 1.165) is 5.56 Å². The molecule has 0 spiro atoms. The third-order valence-electron chi connectivity index (χ3n) is 1.64. The van der Waals surface area contributed by atoms with Crippen molar-refractivity contribution in [3.63, 3.8) is 0 Å². The molecule has 0 saturated heterocycles. The van der Waals surface area contributed by atoms with Gasteiger partial charge >= 0.3 is 0 Å². The van der Waals surface area contributed by atoms with E-state index in [1.54, 1.807) is 31.2 Å². The van der Waals surface area contributed by atoms with Gasteiger partial charge in [0.05, 0.1) is 0 Å². The van der Waals surface area contributed by atoms with Crippen molar-refractivity contribution in [2.45, 2.75) is 6.92 Å². The summed E-state index contributed by atoms with van der Waals surface area (Å²) in [6.07, 6.45) is 0. The molecule has 0 atom stereocenters. The first-order valence-corrected chi connectivity index (χ1v) is 3.85. The standard InChI is InChI=1S/C9H8N2O2/c1-6-10-11-9(13-6)7-2-4-8(12)5-3-7/h2-5,12H,1H3. The predicted octanol–water partition coefficient (Wildman–Crippen LogP) is 1.75. The molecular weight excluding hydrogens is 168 g/mol. The number of aryl methyl sites for hydroxylation is 1. The summed E-state index contributed by atoms with van der Waals surface area (Å²) in [6.45, 7) is 1.73. The minimum Gasteiger partial charge on any atom is -0.508 e. The lowest BCUT2D eigenvalue weighted by Crippen LogP contribution is -1.76. The third-order valence-corrected chi connectivity index (χ3v) is 1.64. The summed E-state index contributed by atoms with van der Waals surface area (Å²) in [4.78, 5) is 0. The number of nitrogens with zero attached hydrogens (tertiary/aromatic N) is 2. The Morgan fingerprint density at radius 3 is 2.38 bits per heavy atom. The van der Waals surface area contributed by atoms with Crippen LogP contribution in [0.25, 0.3) is 11.5 Å². The average Bonchev–Trinajstić information content (AvgIpc) is 2.53. The van der Waals surface area contributed by atoms with E-state index in [9.17, 15) is 0 Å². The lowest BCUT2D eigenvalue weighted by atomic mass is 10.2. The van der Waals surface area contributed by atoms with Crippen molar-refractivity contribution in [3.05, 3.63) is 30.2 Å². The minimum absolute atomic E-state index is 0.222. The Labute approximate surface area is 74.8 Å². The van der Waals surface area contributed by atoms with Crippen molar-refractivity contribution in [1.82, 2.24) is 10.2 Å². The summed E-state index contributed by atoms with van der Waals surface area (Å²) >= 11 is 0. The number of phenols is 1. The SMILES string of the molecule is Cc1nnc(-c2ccc(O)cc2)o1. The molecule has 0 unspecified atom stereocenters. The number of aromatic hydroxyl groups is 1. The molecule has 4 nitrogen and oxygen atoms in total. The second-order valence-corrected chi connectivity index (χ2v) is 2.67. The molecular formula is C9H8N2O2. The van der Waals surface area contributed by atoms with Crippen molar-refractivity contribution < 1.29 is 9.52 Å². The maximum Gasteiger partial charge on any atom is 0.247 e. The Morgan fingerprint density at radius 1 is 1.15 bits per heavy atom. The fraction of sp³-hybridized carbons (Fsp3) is 0.111. The first kappa shape index (κ1) is 7.79. The molecule has 0 radical (unpaired) electrons. The van der Waals surface area contributed by atoms with E-state index in [1.807, 2.05) is 0 Å². The van der Waals surface area contributed by atoms with Crippen LogP contribution in [-0.4, -0.2) is 15.3 Å². The average molecular weight is 176 g/mol. The van der Waals surface area contributed by atoms with Gasteiger partial charge in [0.15, 0.2) is 0 Å². The number of benzene rings is 1. The van der Waals surface area contributed by atoms with Gasteiger partial charge in [-0.05, 0) is 24.3 Å². The first-order valence-electron chi connectivity index (χ1n) is 3.85. The van der Waals surface area contributed by atoms with Crippen LogP contribution in [0.15, 0.2) is 28.7 Å². The van der Waals surface area contributed by atoms with E-state index in [4.69, 9.17) is 9.52 Å². The summed E-state index contributed by atoms with van der Waals surface area (Å²) in [5, 5.41) is 16.6. The minimum atomic E-state index is 0.222. The van der Waals surface area contributed by atoms with Crippen molar-refractivity contribution in [2.75, 3.05) is 0 Å². The number of hydrogen-bond donors (Lipinski definition) is 1. The molecule has 1 N–H and O–H groups in total. The largest absolute Gasteiger partial charge is 0.508 e. The zero-order valence-electron chi connectivity index (χ0n) is 7.06. The summed E-state index contributed by atoms with van der Waals surface area (Å²) in [5.74, 6) is 1.22. The second kappa shape index (κ2) is 2.90. The Hall–Kier alpha value is -1.84. The predicted molar refractivity (Wildman–Crippen MR) is 46.1 cm³/mol. The Balaban J connectivity index is 2.41. The third kappa shape index (κ3) is 1.51. The molecule has 66 valence electrons. The highest BCUT2D eigenvalue weighted by molar-refractivity contribution is 5.53. The number of aromatic nitrogens is 2. The molecule has 0 bridgehead atoms. The monoisotopic (exact) mass is 176 g/mol. The second-order valence-electron chi connectivity index (χ2n) is 2.67. The van der Waals surface area contributed by atoms with Gasteiger partial charge in [-0.2, -0.15) is 0 Å². The van der Waals surface area contributed by atoms with Crippen LogP contribution in [-0.2, 0) is 0 Å². The van der Waals surface area contributed by atoms with Crippen LogP contribution in [0.2, 0.25) is 0 Å². The van der Waals surface area contributed by atoms with Crippen molar-refractivity contribution >= 4 is 0 Å². The van der Waals surface area contributed by atoms with Gasteiger partial charge in [0.1, 0.15) is 5.75 Å². The van der Waals surface area contributed by atoms with Gasteiger partial charge in [-0.25, -0.2) is 0 Å². The number of rotatable bonds is 1. The Kier molecular flexibility index (Phi) is 1.73. The highest BCUT2D eigenvalue weighted by Gasteiger charge is 2.04. The molecule has 0 aliphatic carbocycles. The molecule has 0 aliphatic rings. The molecule has 13 heavy (non-hydrogen) atoms. The molecule has 0 aliphatic heterocycles. The number of phenolic OH excluding ortho intramolecular Hbond substituents is 1. The van der Waals surface area contributed by atoms with Crippen molar-refractivity contribution in [2.24, 2.45) is 0 Å². The van der Waals surface area contributed by atoms with Crippen LogP contribution < -0.4 is 0 Å². The molecule has 2 aromatic rings. The normalized spacial score (nSPS) is 10.2. The van der Waals surface area contributed by atoms with Gasteiger partial charge in [-0.1, -0.05) is 0 Å². The van der Waals surface area contributed by atoms with E-state index < -0.39 is 0 Å². The molecule has 2 rings (SSSR count). The van der Waals surface area contributed by atoms with E-state index >= 15 is 0 Å². The maximum absolute atomic E-state index is 9.04. The lowest BCUT2D eigenvalue weighted by molar-refractivity contribution is 0.475. The summed E-state index contributed by atoms with van der Waals surface area (Å²) in [7, 11) is 0. The lowest BCUT2D eigenvalue weighted by Gasteiger charge is -1.93. The fourth-order valence-corrected chi connectivity index (χ4v) is 1.02. The van der Waals surface area contributed by atoms with Crippen LogP contribution in [0.5, 0.6) is 5.75 Å². The molecule has 1 aromatic carbocycles. The fourth-order valence-electron chi connectivity index (χ4n) is 1.02. The van der Waals surface area contributed by atoms with Crippen LogP contribution in [0.3, 0.4) is 0 Å². The van der Waals surface area contributed by atoms with E-state index in [2.05, 4.69) is 10.2 Å². The molecule has 0 saturated carbocycles. The first-order chi connectivity index (χ1) is 6.25. The molecule has 4 heteroatoms. The molecule has 0 fully saturated rings. The van der Waals surface area contributed by atoms with Gasteiger partial charge in [0, 0.05) is 12.5 Å². The van der Waals surface area contributed by atoms with Gasteiger partial charge < -0.3 is 9.52 Å². The van der Waals surface area contributed by atoms with E-state index in [1.165, 1.54) is 0 Å². The summed E-state index contributed by atoms with van der Waals surface area (Å²) in [6, 6.07) is 6.61. The zero-order chi connectivity index (χ0) is 9.26. The van der Waals surface area contributed by atoms with E-state index in [-0.39, 0.29) is 5.75 Å². The van der Waals surface area contributed by atoms with Crippen LogP contribution in [0.1, 0.15) is 5.89 Å². The molecule has 0 amide bonds. The quantitative estimate of drug-likeness (QED) is 0.719. The Morgan fingerprint density at radius 2 is 1.85 bits per heavy atom. The molecule has 1 aromatic heterocycles. The van der Waals surface area contributed by atoms with Gasteiger partial charge in [0.25, 0.3) is 0 Å². The van der Waals surface area contributed by atoms with Crippen molar-refractivity contribution in [1.29, 1.82) is 0 Å².